The van der Waals surface area contributed by atoms with Gasteiger partial charge in [0, 0.05) is 50.4 Å². The molecule has 7 rings (SSSR count). The lowest BCUT2D eigenvalue weighted by atomic mass is 9.97. The second-order valence-corrected chi connectivity index (χ2v) is 12.9. The third-order valence-electron chi connectivity index (χ3n) is 8.72. The van der Waals surface area contributed by atoms with Crippen LogP contribution in [-0.2, 0) is 9.53 Å². The van der Waals surface area contributed by atoms with Crippen LogP contribution in [0, 0.1) is 5.92 Å². The van der Waals surface area contributed by atoms with Crippen LogP contribution in [0.25, 0.3) is 33.5 Å². The molecule has 15 nitrogen and oxygen atoms in total. The molecule has 15 heteroatoms. The first kappa shape index (κ1) is 32.3. The van der Waals surface area contributed by atoms with Crippen molar-refractivity contribution in [1.29, 1.82) is 0 Å². The van der Waals surface area contributed by atoms with Gasteiger partial charge in [-0.3, -0.25) is 14.6 Å². The SMILES string of the molecule is COc1cc2c(cc1-n1nc(C(=O)NCCN3CCC(C(=O)OCC(C)(C)O)CC3)c3cnc(-c4cnn5cccnc45)cc31)OCCN2. The van der Waals surface area contributed by atoms with Crippen LogP contribution in [-0.4, -0.2) is 110 Å². The van der Waals surface area contributed by atoms with Crippen molar-refractivity contribution in [2.45, 2.75) is 32.3 Å². The number of fused-ring (bicyclic) bond motifs is 3. The molecule has 1 aromatic carbocycles. The van der Waals surface area contributed by atoms with Gasteiger partial charge in [0.2, 0.25) is 0 Å². The second-order valence-electron chi connectivity index (χ2n) is 12.9. The van der Waals surface area contributed by atoms with E-state index in [1.54, 1.807) is 54.8 Å². The Balaban J connectivity index is 1.13. The van der Waals surface area contributed by atoms with Crippen LogP contribution in [0.15, 0.2) is 49.1 Å². The van der Waals surface area contributed by atoms with E-state index < -0.39 is 5.60 Å². The van der Waals surface area contributed by atoms with Crippen molar-refractivity contribution in [3.63, 3.8) is 0 Å². The van der Waals surface area contributed by atoms with Crippen molar-refractivity contribution in [2.75, 3.05) is 58.4 Å². The van der Waals surface area contributed by atoms with E-state index >= 15 is 0 Å². The van der Waals surface area contributed by atoms with Crippen molar-refractivity contribution in [2.24, 2.45) is 5.92 Å². The number of likely N-dealkylation sites (tertiary alicyclic amines) is 1. The zero-order chi connectivity index (χ0) is 34.1. The smallest absolute Gasteiger partial charge is 0.309 e. The molecule has 0 spiro atoms. The number of carbonyl (C=O) groups excluding carboxylic acids is 2. The van der Waals surface area contributed by atoms with Gasteiger partial charge in [-0.25, -0.2) is 14.2 Å². The Labute approximate surface area is 282 Å². The van der Waals surface area contributed by atoms with E-state index in [4.69, 9.17) is 24.3 Å². The van der Waals surface area contributed by atoms with E-state index in [0.717, 1.165) is 11.3 Å². The highest BCUT2D eigenvalue weighted by molar-refractivity contribution is 6.05. The maximum atomic E-state index is 13.7. The van der Waals surface area contributed by atoms with Crippen LogP contribution >= 0.6 is 0 Å². The molecule has 5 aromatic rings. The van der Waals surface area contributed by atoms with Crippen LogP contribution in [0.1, 0.15) is 37.2 Å². The zero-order valence-electron chi connectivity index (χ0n) is 27.7. The van der Waals surface area contributed by atoms with Gasteiger partial charge in [0.15, 0.2) is 11.3 Å². The van der Waals surface area contributed by atoms with Gasteiger partial charge in [0.05, 0.1) is 52.7 Å². The lowest BCUT2D eigenvalue weighted by Gasteiger charge is -2.31. The summed E-state index contributed by atoms with van der Waals surface area (Å²) in [5.41, 5.74) is 3.24. The number of hydrogen-bond acceptors (Lipinski definition) is 12. The molecule has 2 aliphatic rings. The number of aromatic nitrogens is 6. The summed E-state index contributed by atoms with van der Waals surface area (Å²) in [6.07, 6.45) is 8.20. The molecule has 1 amide bonds. The number of nitrogens with zero attached hydrogens (tertiary/aromatic N) is 7. The summed E-state index contributed by atoms with van der Waals surface area (Å²) in [5, 5.41) is 26.0. The molecule has 2 aliphatic heterocycles. The second kappa shape index (κ2) is 13.3. The maximum absolute atomic E-state index is 13.7. The van der Waals surface area contributed by atoms with Crippen molar-refractivity contribution >= 4 is 34.1 Å². The molecule has 3 N–H and O–H groups in total. The summed E-state index contributed by atoms with van der Waals surface area (Å²) in [6.45, 7) is 6.80. The van der Waals surface area contributed by atoms with E-state index in [1.165, 1.54) is 0 Å². The van der Waals surface area contributed by atoms with Crippen LogP contribution in [0.2, 0.25) is 0 Å². The lowest BCUT2D eigenvalue weighted by Crippen LogP contribution is -2.41. The van der Waals surface area contributed by atoms with E-state index in [2.05, 4.69) is 25.6 Å². The highest BCUT2D eigenvalue weighted by Crippen LogP contribution is 2.38. The molecule has 0 aliphatic carbocycles. The number of methoxy groups -OCH3 is 1. The molecule has 4 aromatic heterocycles. The van der Waals surface area contributed by atoms with E-state index in [0.29, 0.717) is 91.6 Å². The molecule has 0 bridgehead atoms. The Morgan fingerprint density at radius 3 is 2.80 bits per heavy atom. The topological polar surface area (TPSA) is 170 Å². The van der Waals surface area contributed by atoms with Gasteiger partial charge in [-0.15, -0.1) is 0 Å². The normalized spacial score (nSPS) is 15.4. The standard InChI is InChI=1S/C34H39N9O6/c1-34(2,46)20-49-33(45)21-5-11-41(12-6-21)13-8-37-32(44)30-23-18-38-24(22-19-39-42-10-4-7-36-31(22)42)15-26(23)43(40-30)27-17-28-25(16-29(27)47-3)35-9-14-48-28/h4,7,10,15-19,21,35,46H,5-6,8-9,11-14,20H2,1-3H3,(H,37,44). The van der Waals surface area contributed by atoms with Gasteiger partial charge in [-0.1, -0.05) is 0 Å². The van der Waals surface area contributed by atoms with Crippen molar-refractivity contribution < 1.29 is 28.9 Å². The molecule has 0 unspecified atom stereocenters. The highest BCUT2D eigenvalue weighted by atomic mass is 16.5. The lowest BCUT2D eigenvalue weighted by molar-refractivity contribution is -0.156. The first-order chi connectivity index (χ1) is 23.7. The number of esters is 1. The molecule has 0 atom stereocenters. The van der Waals surface area contributed by atoms with Crippen LogP contribution in [0.3, 0.4) is 0 Å². The predicted molar refractivity (Wildman–Crippen MR) is 180 cm³/mol. The highest BCUT2D eigenvalue weighted by Gasteiger charge is 2.28. The Kier molecular flexibility index (Phi) is 8.77. The number of nitrogens with one attached hydrogen (secondary N) is 2. The maximum Gasteiger partial charge on any atom is 0.309 e. The zero-order valence-corrected chi connectivity index (χ0v) is 27.7. The van der Waals surface area contributed by atoms with E-state index in [1.807, 2.05) is 24.4 Å². The fourth-order valence-corrected chi connectivity index (χ4v) is 6.17. The van der Waals surface area contributed by atoms with Crippen LogP contribution < -0.4 is 20.1 Å². The molecule has 0 radical (unpaired) electrons. The van der Waals surface area contributed by atoms with Gasteiger partial charge in [-0.2, -0.15) is 10.2 Å². The van der Waals surface area contributed by atoms with Crippen LogP contribution in [0.5, 0.6) is 11.5 Å². The van der Waals surface area contributed by atoms with E-state index in [-0.39, 0.29) is 30.1 Å². The van der Waals surface area contributed by atoms with Gasteiger partial charge in [-0.05, 0) is 51.9 Å². The summed E-state index contributed by atoms with van der Waals surface area (Å²) in [6, 6.07) is 7.40. The summed E-state index contributed by atoms with van der Waals surface area (Å²) < 4.78 is 20.4. The monoisotopic (exact) mass is 669 g/mol. The van der Waals surface area contributed by atoms with Gasteiger partial charge < -0.3 is 34.9 Å². The van der Waals surface area contributed by atoms with E-state index in [9.17, 15) is 14.7 Å². The fourth-order valence-electron chi connectivity index (χ4n) is 6.17. The number of pyridine rings is 1. The summed E-state index contributed by atoms with van der Waals surface area (Å²) in [4.78, 5) is 37.5. The molecule has 49 heavy (non-hydrogen) atoms. The number of hydrogen-bond donors (Lipinski definition) is 3. The Morgan fingerprint density at radius 1 is 1.16 bits per heavy atom. The Bertz CT molecular complexity index is 2010. The number of carbonyl (C=O) groups is 2. The number of ether oxygens (including phenoxy) is 3. The fraction of sp³-hybridized carbons (Fsp3) is 0.412. The molecular weight excluding hydrogens is 630 g/mol. The summed E-state index contributed by atoms with van der Waals surface area (Å²) in [5.74, 6) is 0.407. The molecule has 1 fully saturated rings. The molecule has 256 valence electrons. The average Bonchev–Trinajstić information content (AvgIpc) is 3.72. The molecule has 6 heterocycles. The Morgan fingerprint density at radius 2 is 2.00 bits per heavy atom. The van der Waals surface area contributed by atoms with Crippen molar-refractivity contribution in [1.82, 2.24) is 39.6 Å². The number of anilines is 1. The number of piperidine rings is 1. The summed E-state index contributed by atoms with van der Waals surface area (Å²) >= 11 is 0. The van der Waals surface area contributed by atoms with Gasteiger partial charge in [0.1, 0.15) is 30.4 Å². The average molecular weight is 670 g/mol. The third kappa shape index (κ3) is 6.71. The first-order valence-electron chi connectivity index (χ1n) is 16.3. The minimum atomic E-state index is -1.06. The quantitative estimate of drug-likeness (QED) is 0.186. The third-order valence-corrected chi connectivity index (χ3v) is 8.72. The molecule has 1 saturated heterocycles. The minimum Gasteiger partial charge on any atom is -0.494 e. The largest absolute Gasteiger partial charge is 0.494 e. The van der Waals surface area contributed by atoms with Crippen molar-refractivity contribution in [3.8, 4) is 28.4 Å². The molecule has 0 saturated carbocycles. The molecular formula is C34H39N9O6. The minimum absolute atomic E-state index is 0.0263. The van der Waals surface area contributed by atoms with Gasteiger partial charge in [0.25, 0.3) is 5.91 Å². The number of benzene rings is 1. The number of aliphatic hydroxyl groups is 1. The predicted octanol–water partition coefficient (Wildman–Crippen LogP) is 2.70. The van der Waals surface area contributed by atoms with Crippen LogP contribution in [0.4, 0.5) is 5.69 Å². The van der Waals surface area contributed by atoms with Crippen molar-refractivity contribution in [3.05, 3.63) is 54.7 Å². The summed E-state index contributed by atoms with van der Waals surface area (Å²) in [7, 11) is 1.59. The number of rotatable bonds is 10. The van der Waals surface area contributed by atoms with Gasteiger partial charge >= 0.3 is 5.97 Å². The number of amides is 1. The first-order valence-corrected chi connectivity index (χ1v) is 16.3. The Hall–Kier alpha value is -5.28.